The fourth-order valence-electron chi connectivity index (χ4n) is 1.87. The molecule has 0 atom stereocenters. The molecule has 0 unspecified atom stereocenters. The van der Waals surface area contributed by atoms with Crippen LogP contribution in [0.15, 0.2) is 23.7 Å². The first-order valence-electron chi connectivity index (χ1n) is 5.71. The summed E-state index contributed by atoms with van der Waals surface area (Å²) in [7, 11) is 0. The van der Waals surface area contributed by atoms with Crippen LogP contribution in [0.3, 0.4) is 0 Å². The maximum atomic E-state index is 13.8. The Balaban J connectivity index is 1.91. The molecule has 0 aliphatic heterocycles. The lowest BCUT2D eigenvalue weighted by Gasteiger charge is -2.23. The minimum atomic E-state index is -0.414. The number of hydrogen-bond acceptors (Lipinski definition) is 4. The predicted molar refractivity (Wildman–Crippen MR) is 70.5 cm³/mol. The van der Waals surface area contributed by atoms with Crippen molar-refractivity contribution in [3.63, 3.8) is 0 Å². The first-order valence-corrected chi connectivity index (χ1v) is 6.97. The Kier molecular flexibility index (Phi) is 3.18. The number of thiophene rings is 1. The average Bonchev–Trinajstić information content (AvgIpc) is 3.07. The van der Waals surface area contributed by atoms with Gasteiger partial charge in [-0.15, -0.1) is 11.3 Å². The second-order valence-corrected chi connectivity index (χ2v) is 5.62. The molecule has 18 heavy (non-hydrogen) atoms. The van der Waals surface area contributed by atoms with Crippen LogP contribution in [0.5, 0.6) is 0 Å². The van der Waals surface area contributed by atoms with Crippen molar-refractivity contribution >= 4 is 28.8 Å². The van der Waals surface area contributed by atoms with Gasteiger partial charge in [0.2, 0.25) is 5.28 Å². The molecule has 0 spiro atoms. The van der Waals surface area contributed by atoms with Crippen LogP contribution in [0.2, 0.25) is 5.28 Å². The van der Waals surface area contributed by atoms with E-state index in [1.54, 1.807) is 11.3 Å². The molecule has 0 radical (unpaired) electrons. The summed E-state index contributed by atoms with van der Waals surface area (Å²) in [5.41, 5.74) is 0. The average molecular weight is 284 g/mol. The van der Waals surface area contributed by atoms with E-state index in [4.69, 9.17) is 11.6 Å². The van der Waals surface area contributed by atoms with Gasteiger partial charge in [-0.1, -0.05) is 6.07 Å². The standard InChI is InChI=1S/C12H11ClFN3S/c13-12-15-6-10(14)11(16-12)17(8-3-4-8)7-9-2-1-5-18-9/h1-2,5-6,8H,3-4,7H2. The zero-order valence-corrected chi connectivity index (χ0v) is 11.1. The summed E-state index contributed by atoms with van der Waals surface area (Å²) in [6.45, 7) is 0.673. The number of halogens is 2. The summed E-state index contributed by atoms with van der Waals surface area (Å²) >= 11 is 7.42. The van der Waals surface area contributed by atoms with Crippen molar-refractivity contribution in [2.75, 3.05) is 4.90 Å². The van der Waals surface area contributed by atoms with Crippen LogP contribution in [0.4, 0.5) is 10.2 Å². The monoisotopic (exact) mass is 283 g/mol. The van der Waals surface area contributed by atoms with Gasteiger partial charge in [-0.05, 0) is 35.9 Å². The van der Waals surface area contributed by atoms with E-state index in [1.165, 1.54) is 4.88 Å². The normalized spacial score (nSPS) is 14.8. The van der Waals surface area contributed by atoms with Gasteiger partial charge in [-0.25, -0.2) is 9.37 Å². The van der Waals surface area contributed by atoms with E-state index < -0.39 is 5.82 Å². The summed E-state index contributed by atoms with van der Waals surface area (Å²) in [5, 5.41) is 2.10. The first-order chi connectivity index (χ1) is 8.74. The highest BCUT2D eigenvalue weighted by molar-refractivity contribution is 7.09. The van der Waals surface area contributed by atoms with Gasteiger partial charge in [-0.3, -0.25) is 0 Å². The Morgan fingerprint density at radius 3 is 3.00 bits per heavy atom. The van der Waals surface area contributed by atoms with Gasteiger partial charge in [0.05, 0.1) is 12.7 Å². The zero-order valence-electron chi connectivity index (χ0n) is 9.51. The van der Waals surface area contributed by atoms with E-state index in [0.29, 0.717) is 18.4 Å². The third-order valence-corrected chi connectivity index (χ3v) is 3.91. The van der Waals surface area contributed by atoms with Crippen LogP contribution in [0, 0.1) is 5.82 Å². The van der Waals surface area contributed by atoms with Crippen LogP contribution in [0.1, 0.15) is 17.7 Å². The highest BCUT2D eigenvalue weighted by Gasteiger charge is 2.32. The van der Waals surface area contributed by atoms with Crippen molar-refractivity contribution in [1.29, 1.82) is 0 Å². The molecule has 0 amide bonds. The lowest BCUT2D eigenvalue weighted by atomic mass is 10.3. The Hall–Kier alpha value is -1.20. The second kappa shape index (κ2) is 4.82. The molecular weight excluding hydrogens is 273 g/mol. The number of aromatic nitrogens is 2. The molecule has 0 N–H and O–H groups in total. The Morgan fingerprint density at radius 2 is 2.33 bits per heavy atom. The van der Waals surface area contributed by atoms with Crippen LogP contribution in [0.25, 0.3) is 0 Å². The van der Waals surface area contributed by atoms with Crippen molar-refractivity contribution < 1.29 is 4.39 Å². The minimum absolute atomic E-state index is 0.0863. The van der Waals surface area contributed by atoms with E-state index in [0.717, 1.165) is 19.0 Å². The number of hydrogen-bond donors (Lipinski definition) is 0. The lowest BCUT2D eigenvalue weighted by molar-refractivity contribution is 0.599. The lowest BCUT2D eigenvalue weighted by Crippen LogP contribution is -2.26. The topological polar surface area (TPSA) is 29.0 Å². The summed E-state index contributed by atoms with van der Waals surface area (Å²) < 4.78 is 13.8. The SMILES string of the molecule is Fc1cnc(Cl)nc1N(Cc1cccs1)C1CC1. The molecule has 1 fully saturated rings. The minimum Gasteiger partial charge on any atom is -0.346 e. The van der Waals surface area contributed by atoms with E-state index in [1.807, 2.05) is 22.4 Å². The van der Waals surface area contributed by atoms with Crippen LogP contribution >= 0.6 is 22.9 Å². The third kappa shape index (κ3) is 2.47. The molecule has 2 aromatic rings. The quantitative estimate of drug-likeness (QED) is 0.804. The fourth-order valence-corrected chi connectivity index (χ4v) is 2.70. The summed E-state index contributed by atoms with van der Waals surface area (Å²) in [4.78, 5) is 10.9. The van der Waals surface area contributed by atoms with Gasteiger partial charge in [0, 0.05) is 10.9 Å². The van der Waals surface area contributed by atoms with Crippen LogP contribution < -0.4 is 4.90 Å². The molecule has 1 aliphatic rings. The summed E-state index contributed by atoms with van der Waals surface area (Å²) in [6, 6.07) is 4.40. The Bertz CT molecular complexity index is 542. The van der Waals surface area contributed by atoms with Gasteiger partial charge >= 0.3 is 0 Å². The van der Waals surface area contributed by atoms with Crippen LogP contribution in [-0.4, -0.2) is 16.0 Å². The molecule has 0 saturated heterocycles. The Morgan fingerprint density at radius 1 is 1.50 bits per heavy atom. The maximum absolute atomic E-state index is 13.8. The highest BCUT2D eigenvalue weighted by atomic mass is 35.5. The molecule has 1 aliphatic carbocycles. The van der Waals surface area contributed by atoms with Crippen molar-refractivity contribution in [1.82, 2.24) is 9.97 Å². The van der Waals surface area contributed by atoms with Crippen LogP contribution in [-0.2, 0) is 6.54 Å². The second-order valence-electron chi connectivity index (χ2n) is 4.25. The molecule has 2 heterocycles. The molecule has 2 aromatic heterocycles. The third-order valence-electron chi connectivity index (χ3n) is 2.86. The summed E-state index contributed by atoms with van der Waals surface area (Å²) in [6.07, 6.45) is 3.29. The molecule has 94 valence electrons. The van der Waals surface area contributed by atoms with Gasteiger partial charge in [0.1, 0.15) is 0 Å². The molecule has 6 heteroatoms. The first kappa shape index (κ1) is 11.9. The van der Waals surface area contributed by atoms with Crippen molar-refractivity contribution in [3.8, 4) is 0 Å². The molecule has 0 bridgehead atoms. The number of nitrogens with zero attached hydrogens (tertiary/aromatic N) is 3. The summed E-state index contributed by atoms with van der Waals surface area (Å²) in [5.74, 6) is -0.103. The van der Waals surface area contributed by atoms with Crippen molar-refractivity contribution in [2.24, 2.45) is 0 Å². The molecule has 0 aromatic carbocycles. The maximum Gasteiger partial charge on any atom is 0.224 e. The van der Waals surface area contributed by atoms with Gasteiger partial charge in [-0.2, -0.15) is 4.98 Å². The number of rotatable bonds is 4. The molecule has 3 nitrogen and oxygen atoms in total. The molecule has 1 saturated carbocycles. The van der Waals surface area contributed by atoms with E-state index in [-0.39, 0.29) is 5.28 Å². The van der Waals surface area contributed by atoms with Gasteiger partial charge in [0.15, 0.2) is 11.6 Å². The van der Waals surface area contributed by atoms with E-state index in [2.05, 4.69) is 9.97 Å². The zero-order chi connectivity index (χ0) is 12.5. The molecular formula is C12H11ClFN3S. The Labute approximate surface area is 113 Å². The fraction of sp³-hybridized carbons (Fsp3) is 0.333. The van der Waals surface area contributed by atoms with Gasteiger partial charge in [0.25, 0.3) is 0 Å². The van der Waals surface area contributed by atoms with E-state index in [9.17, 15) is 4.39 Å². The van der Waals surface area contributed by atoms with Crippen molar-refractivity contribution in [2.45, 2.75) is 25.4 Å². The molecule has 3 rings (SSSR count). The van der Waals surface area contributed by atoms with Crippen molar-refractivity contribution in [3.05, 3.63) is 39.7 Å². The highest BCUT2D eigenvalue weighted by Crippen LogP contribution is 2.34. The van der Waals surface area contributed by atoms with Gasteiger partial charge < -0.3 is 4.90 Å². The number of anilines is 1. The largest absolute Gasteiger partial charge is 0.346 e. The smallest absolute Gasteiger partial charge is 0.224 e. The predicted octanol–water partition coefficient (Wildman–Crippen LogP) is 3.50. The van der Waals surface area contributed by atoms with E-state index >= 15 is 0 Å².